The van der Waals surface area contributed by atoms with E-state index in [0.29, 0.717) is 41.6 Å². The van der Waals surface area contributed by atoms with Crippen LogP contribution in [0, 0.1) is 19.8 Å². The quantitative estimate of drug-likeness (QED) is 0.616. The molecule has 0 saturated carbocycles. The minimum absolute atomic E-state index is 0.0899. The molecule has 1 saturated heterocycles. The van der Waals surface area contributed by atoms with Crippen LogP contribution in [-0.2, 0) is 19.6 Å². The minimum atomic E-state index is -3.74. The van der Waals surface area contributed by atoms with Crippen LogP contribution in [0.1, 0.15) is 41.3 Å². The number of carbonyl (C=O) groups is 2. The van der Waals surface area contributed by atoms with Gasteiger partial charge >= 0.3 is 5.97 Å². The number of para-hydroxylation sites is 2. The monoisotopic (exact) mass is 474 g/mol. The molecule has 1 aliphatic rings. The van der Waals surface area contributed by atoms with Crippen molar-refractivity contribution in [3.8, 4) is 5.75 Å². The van der Waals surface area contributed by atoms with Gasteiger partial charge in [0.1, 0.15) is 5.75 Å². The molecule has 0 radical (unpaired) electrons. The fourth-order valence-electron chi connectivity index (χ4n) is 3.73. The number of ether oxygens (including phenoxy) is 2. The molecule has 0 spiro atoms. The predicted octanol–water partition coefficient (Wildman–Crippen LogP) is 3.53. The third-order valence-electron chi connectivity index (χ3n) is 5.93. The van der Waals surface area contributed by atoms with Gasteiger partial charge in [-0.3, -0.25) is 4.79 Å². The number of nitrogens with one attached hydrogen (secondary N) is 1. The number of anilines is 1. The van der Waals surface area contributed by atoms with Crippen LogP contribution in [-0.4, -0.2) is 51.4 Å². The van der Waals surface area contributed by atoms with E-state index < -0.39 is 28.5 Å². The largest absolute Gasteiger partial charge is 0.495 e. The van der Waals surface area contributed by atoms with Gasteiger partial charge in [-0.2, -0.15) is 4.31 Å². The minimum Gasteiger partial charge on any atom is -0.495 e. The molecule has 0 aromatic heterocycles. The van der Waals surface area contributed by atoms with Gasteiger partial charge in [-0.1, -0.05) is 19.1 Å². The van der Waals surface area contributed by atoms with Gasteiger partial charge in [0.25, 0.3) is 5.91 Å². The smallest absolute Gasteiger partial charge is 0.338 e. The van der Waals surface area contributed by atoms with Crippen LogP contribution in [0.2, 0.25) is 0 Å². The van der Waals surface area contributed by atoms with E-state index in [2.05, 4.69) is 12.2 Å². The summed E-state index contributed by atoms with van der Waals surface area (Å²) in [5.41, 5.74) is 1.80. The highest BCUT2D eigenvalue weighted by atomic mass is 32.2. The molecule has 1 N–H and O–H groups in total. The molecule has 8 nitrogen and oxygen atoms in total. The second kappa shape index (κ2) is 10.4. The topological polar surface area (TPSA) is 102 Å². The average Bonchev–Trinajstić information content (AvgIpc) is 2.79. The maximum absolute atomic E-state index is 13.3. The number of sulfonamides is 1. The lowest BCUT2D eigenvalue weighted by atomic mass is 10.0. The van der Waals surface area contributed by atoms with Gasteiger partial charge in [-0.15, -0.1) is 0 Å². The number of hydrogen-bond acceptors (Lipinski definition) is 6. The van der Waals surface area contributed by atoms with Crippen molar-refractivity contribution in [2.24, 2.45) is 5.92 Å². The molecule has 2 aromatic carbocycles. The van der Waals surface area contributed by atoms with Crippen LogP contribution < -0.4 is 10.1 Å². The summed E-state index contributed by atoms with van der Waals surface area (Å²) in [7, 11) is -2.25. The summed E-state index contributed by atoms with van der Waals surface area (Å²) in [5.74, 6) is -0.333. The fourth-order valence-corrected chi connectivity index (χ4v) is 5.52. The Kier molecular flexibility index (Phi) is 7.76. The van der Waals surface area contributed by atoms with Crippen LogP contribution in [0.25, 0.3) is 0 Å². The molecule has 1 amide bonds. The first-order chi connectivity index (χ1) is 15.6. The third-order valence-corrected chi connectivity index (χ3v) is 7.96. The molecule has 0 unspecified atom stereocenters. The molecule has 9 heteroatoms. The number of methoxy groups -OCH3 is 1. The Labute approximate surface area is 194 Å². The summed E-state index contributed by atoms with van der Waals surface area (Å²) < 4.78 is 38.4. The number of nitrogens with zero attached hydrogens (tertiary/aromatic N) is 1. The normalized spacial score (nSPS) is 15.2. The number of aryl methyl sites for hydroxylation is 1. The molecule has 2 aromatic rings. The zero-order chi connectivity index (χ0) is 24.2. The highest BCUT2D eigenvalue weighted by molar-refractivity contribution is 7.89. The summed E-state index contributed by atoms with van der Waals surface area (Å²) in [6, 6.07) is 9.79. The highest BCUT2D eigenvalue weighted by Gasteiger charge is 2.30. The zero-order valence-corrected chi connectivity index (χ0v) is 20.2. The van der Waals surface area contributed by atoms with Crippen LogP contribution in [0.4, 0.5) is 5.69 Å². The Hall–Kier alpha value is -2.91. The van der Waals surface area contributed by atoms with E-state index in [1.807, 2.05) is 0 Å². The van der Waals surface area contributed by atoms with E-state index >= 15 is 0 Å². The first-order valence-electron chi connectivity index (χ1n) is 10.8. The SMILES string of the molecule is COc1ccccc1NC(=O)COC(=O)c1cc(C)c(C)c(S(=O)(=O)N2CCC(C)CC2)c1. The van der Waals surface area contributed by atoms with E-state index in [1.165, 1.54) is 17.5 Å². The summed E-state index contributed by atoms with van der Waals surface area (Å²) in [6.07, 6.45) is 1.61. The standard InChI is InChI=1S/C24H30N2O6S/c1-16-9-11-26(12-10-16)33(29,30)22-14-19(13-17(2)18(22)3)24(28)32-15-23(27)25-20-7-5-6-8-21(20)31-4/h5-8,13-14,16H,9-12,15H2,1-4H3,(H,25,27). The highest BCUT2D eigenvalue weighted by Crippen LogP contribution is 2.28. The summed E-state index contributed by atoms with van der Waals surface area (Å²) in [5, 5.41) is 2.63. The Morgan fingerprint density at radius 1 is 1.12 bits per heavy atom. The Balaban J connectivity index is 1.73. The van der Waals surface area contributed by atoms with E-state index in [0.717, 1.165) is 12.8 Å². The number of carbonyl (C=O) groups excluding carboxylic acids is 2. The van der Waals surface area contributed by atoms with Crippen molar-refractivity contribution < 1.29 is 27.5 Å². The van der Waals surface area contributed by atoms with Gasteiger partial charge in [0.2, 0.25) is 10.0 Å². The summed E-state index contributed by atoms with van der Waals surface area (Å²) >= 11 is 0. The van der Waals surface area contributed by atoms with Gasteiger partial charge in [0.15, 0.2) is 6.61 Å². The molecule has 1 heterocycles. The molecular formula is C24H30N2O6S. The van der Waals surface area contributed by atoms with Gasteiger partial charge in [0, 0.05) is 13.1 Å². The second-order valence-corrected chi connectivity index (χ2v) is 10.2. The van der Waals surface area contributed by atoms with Crippen molar-refractivity contribution in [3.05, 3.63) is 53.1 Å². The number of piperidine rings is 1. The molecule has 33 heavy (non-hydrogen) atoms. The van der Waals surface area contributed by atoms with Crippen molar-refractivity contribution >= 4 is 27.6 Å². The first-order valence-corrected chi connectivity index (χ1v) is 12.3. The van der Waals surface area contributed by atoms with Gasteiger partial charge in [-0.05, 0) is 68.0 Å². The van der Waals surface area contributed by atoms with Crippen molar-refractivity contribution in [2.75, 3.05) is 32.1 Å². The van der Waals surface area contributed by atoms with E-state index in [-0.39, 0.29) is 10.5 Å². The zero-order valence-electron chi connectivity index (χ0n) is 19.4. The molecule has 0 atom stereocenters. The Bertz CT molecular complexity index is 1140. The maximum Gasteiger partial charge on any atom is 0.338 e. The van der Waals surface area contributed by atoms with Crippen LogP contribution in [0.3, 0.4) is 0 Å². The van der Waals surface area contributed by atoms with E-state index in [1.54, 1.807) is 44.2 Å². The molecule has 1 aliphatic heterocycles. The lowest BCUT2D eigenvalue weighted by Crippen LogP contribution is -2.38. The van der Waals surface area contributed by atoms with Crippen molar-refractivity contribution in [1.82, 2.24) is 4.31 Å². The number of amides is 1. The van der Waals surface area contributed by atoms with E-state index in [9.17, 15) is 18.0 Å². The van der Waals surface area contributed by atoms with Gasteiger partial charge in [-0.25, -0.2) is 13.2 Å². The van der Waals surface area contributed by atoms with Crippen LogP contribution in [0.5, 0.6) is 5.75 Å². The number of benzene rings is 2. The molecule has 3 rings (SSSR count). The fraction of sp³-hybridized carbons (Fsp3) is 0.417. The lowest BCUT2D eigenvalue weighted by Gasteiger charge is -2.30. The van der Waals surface area contributed by atoms with Gasteiger partial charge < -0.3 is 14.8 Å². The Morgan fingerprint density at radius 2 is 1.79 bits per heavy atom. The first kappa shape index (κ1) is 24.7. The second-order valence-electron chi connectivity index (χ2n) is 8.33. The predicted molar refractivity (Wildman–Crippen MR) is 125 cm³/mol. The lowest BCUT2D eigenvalue weighted by molar-refractivity contribution is -0.119. The molecular weight excluding hydrogens is 444 g/mol. The number of hydrogen-bond donors (Lipinski definition) is 1. The van der Waals surface area contributed by atoms with Crippen molar-refractivity contribution in [1.29, 1.82) is 0 Å². The molecule has 0 bridgehead atoms. The molecule has 1 fully saturated rings. The van der Waals surface area contributed by atoms with Crippen molar-refractivity contribution in [2.45, 2.75) is 38.5 Å². The van der Waals surface area contributed by atoms with Crippen LogP contribution in [0.15, 0.2) is 41.3 Å². The number of rotatable bonds is 7. The van der Waals surface area contributed by atoms with Gasteiger partial charge in [0.05, 0.1) is 23.3 Å². The molecule has 0 aliphatic carbocycles. The molecule has 178 valence electrons. The Morgan fingerprint density at radius 3 is 2.45 bits per heavy atom. The third kappa shape index (κ3) is 5.72. The summed E-state index contributed by atoms with van der Waals surface area (Å²) in [4.78, 5) is 25.0. The van der Waals surface area contributed by atoms with Crippen molar-refractivity contribution in [3.63, 3.8) is 0 Å². The summed E-state index contributed by atoms with van der Waals surface area (Å²) in [6.45, 7) is 5.98. The maximum atomic E-state index is 13.3. The average molecular weight is 475 g/mol. The van der Waals surface area contributed by atoms with E-state index in [4.69, 9.17) is 9.47 Å². The number of esters is 1. The van der Waals surface area contributed by atoms with Crippen LogP contribution >= 0.6 is 0 Å².